The summed E-state index contributed by atoms with van der Waals surface area (Å²) in [7, 11) is 0. The van der Waals surface area contributed by atoms with Gasteiger partial charge in [0.1, 0.15) is 5.69 Å². The van der Waals surface area contributed by atoms with Crippen LogP contribution in [0.25, 0.3) is 11.5 Å². The van der Waals surface area contributed by atoms with Crippen LogP contribution in [-0.4, -0.2) is 15.0 Å². The fourth-order valence-corrected chi connectivity index (χ4v) is 0.951. The molecule has 2 rings (SSSR count). The summed E-state index contributed by atoms with van der Waals surface area (Å²) >= 11 is 0. The Bertz CT molecular complexity index is 349. The second kappa shape index (κ2) is 2.65. The van der Waals surface area contributed by atoms with Crippen molar-refractivity contribution in [1.82, 2.24) is 15.0 Å². The van der Waals surface area contributed by atoms with Crippen LogP contribution in [0.4, 0.5) is 5.69 Å². The van der Waals surface area contributed by atoms with Crippen molar-refractivity contribution in [3.8, 4) is 11.5 Å². The third kappa shape index (κ3) is 1.14. The van der Waals surface area contributed by atoms with Crippen LogP contribution in [0, 0.1) is 0 Å². The fraction of sp³-hybridized carbons (Fsp3) is 0. The molecule has 0 saturated heterocycles. The molecule has 4 nitrogen and oxygen atoms in total. The van der Waals surface area contributed by atoms with Crippen LogP contribution < -0.4 is 5.73 Å². The lowest BCUT2D eigenvalue weighted by molar-refractivity contribution is 1.23. The van der Waals surface area contributed by atoms with Crippen LogP contribution in [0.1, 0.15) is 0 Å². The molecular weight excluding hydrogens is 152 g/mol. The Kier molecular flexibility index (Phi) is 1.51. The minimum absolute atomic E-state index is 0.658. The van der Waals surface area contributed by atoms with Gasteiger partial charge in [0.25, 0.3) is 0 Å². The number of rotatable bonds is 1. The number of anilines is 1. The molecule has 0 amide bonds. The number of hydrogen-bond acceptors (Lipinski definition) is 3. The molecule has 2 aromatic heterocycles. The molecule has 0 spiro atoms. The van der Waals surface area contributed by atoms with Gasteiger partial charge in [-0.3, -0.25) is 4.98 Å². The van der Waals surface area contributed by atoms with Crippen molar-refractivity contribution < 1.29 is 0 Å². The highest BCUT2D eigenvalue weighted by Gasteiger charge is 1.98. The molecule has 3 N–H and O–H groups in total. The van der Waals surface area contributed by atoms with E-state index < -0.39 is 0 Å². The maximum absolute atomic E-state index is 5.49. The van der Waals surface area contributed by atoms with Crippen molar-refractivity contribution in [2.45, 2.75) is 0 Å². The maximum Gasteiger partial charge on any atom is 0.155 e. The van der Waals surface area contributed by atoms with E-state index in [2.05, 4.69) is 15.0 Å². The van der Waals surface area contributed by atoms with Gasteiger partial charge in [-0.15, -0.1) is 0 Å². The molecule has 0 unspecified atom stereocenters. The third-order valence-electron chi connectivity index (χ3n) is 1.53. The number of nitrogens with two attached hydrogens (primary N) is 1. The molecule has 0 atom stereocenters. The minimum atomic E-state index is 0.658. The van der Waals surface area contributed by atoms with Gasteiger partial charge >= 0.3 is 0 Å². The second-order valence-corrected chi connectivity index (χ2v) is 2.41. The lowest BCUT2D eigenvalue weighted by atomic mass is 10.3. The van der Waals surface area contributed by atoms with Crippen LogP contribution in [0.3, 0.4) is 0 Å². The first-order chi connectivity index (χ1) is 5.86. The SMILES string of the molecule is Nc1ccc(-c2ncc[nH]2)nc1. The average molecular weight is 160 g/mol. The van der Waals surface area contributed by atoms with Gasteiger partial charge in [-0.05, 0) is 12.1 Å². The Hall–Kier alpha value is -1.84. The van der Waals surface area contributed by atoms with Crippen LogP contribution in [-0.2, 0) is 0 Å². The van der Waals surface area contributed by atoms with E-state index in [0.717, 1.165) is 11.5 Å². The quantitative estimate of drug-likeness (QED) is 0.655. The number of nitrogens with zero attached hydrogens (tertiary/aromatic N) is 2. The first kappa shape index (κ1) is 6.84. The molecule has 0 aliphatic rings. The molecule has 0 saturated carbocycles. The summed E-state index contributed by atoms with van der Waals surface area (Å²) < 4.78 is 0. The van der Waals surface area contributed by atoms with Gasteiger partial charge in [-0.1, -0.05) is 0 Å². The smallest absolute Gasteiger partial charge is 0.155 e. The maximum atomic E-state index is 5.49. The molecule has 60 valence electrons. The number of H-pyrrole nitrogens is 1. The Morgan fingerprint density at radius 1 is 1.25 bits per heavy atom. The summed E-state index contributed by atoms with van der Waals surface area (Å²) in [4.78, 5) is 11.1. The van der Waals surface area contributed by atoms with E-state index in [9.17, 15) is 0 Å². The van der Waals surface area contributed by atoms with Gasteiger partial charge in [0.2, 0.25) is 0 Å². The van der Waals surface area contributed by atoms with E-state index in [1.165, 1.54) is 0 Å². The summed E-state index contributed by atoms with van der Waals surface area (Å²) in [5.74, 6) is 0.759. The molecule has 0 bridgehead atoms. The van der Waals surface area contributed by atoms with Crippen LogP contribution in [0.15, 0.2) is 30.7 Å². The predicted octanol–water partition coefficient (Wildman–Crippen LogP) is 1.05. The zero-order valence-electron chi connectivity index (χ0n) is 6.36. The first-order valence-corrected chi connectivity index (χ1v) is 3.57. The topological polar surface area (TPSA) is 67.6 Å². The molecule has 0 fully saturated rings. The molecule has 2 heterocycles. The van der Waals surface area contributed by atoms with Crippen molar-refractivity contribution in [2.75, 3.05) is 5.73 Å². The lowest BCUT2D eigenvalue weighted by Gasteiger charge is -1.95. The van der Waals surface area contributed by atoms with Gasteiger partial charge < -0.3 is 10.7 Å². The number of pyridine rings is 1. The van der Waals surface area contributed by atoms with E-state index in [4.69, 9.17) is 5.73 Å². The van der Waals surface area contributed by atoms with Crippen molar-refractivity contribution >= 4 is 5.69 Å². The van der Waals surface area contributed by atoms with Gasteiger partial charge in [0.05, 0.1) is 11.9 Å². The number of nitrogens with one attached hydrogen (secondary N) is 1. The van der Waals surface area contributed by atoms with Crippen LogP contribution >= 0.6 is 0 Å². The monoisotopic (exact) mass is 160 g/mol. The van der Waals surface area contributed by atoms with Crippen LogP contribution in [0.2, 0.25) is 0 Å². The second-order valence-electron chi connectivity index (χ2n) is 2.41. The van der Waals surface area contributed by atoms with E-state index in [0.29, 0.717) is 5.69 Å². The van der Waals surface area contributed by atoms with E-state index in [1.807, 2.05) is 6.07 Å². The Balaban J connectivity index is 2.43. The Morgan fingerprint density at radius 2 is 2.17 bits per heavy atom. The number of nitrogen functional groups attached to an aromatic ring is 1. The highest BCUT2D eigenvalue weighted by atomic mass is 14.9. The summed E-state index contributed by atoms with van der Waals surface area (Å²) in [6, 6.07) is 3.62. The fourth-order valence-electron chi connectivity index (χ4n) is 0.951. The van der Waals surface area contributed by atoms with Crippen LogP contribution in [0.5, 0.6) is 0 Å². The average Bonchev–Trinajstić information content (AvgIpc) is 2.58. The molecule has 12 heavy (non-hydrogen) atoms. The highest BCUT2D eigenvalue weighted by Crippen LogP contribution is 2.11. The van der Waals surface area contributed by atoms with Gasteiger partial charge in [-0.25, -0.2) is 4.98 Å². The normalized spacial score (nSPS) is 10.0. The summed E-state index contributed by atoms with van der Waals surface area (Å²) in [5, 5.41) is 0. The Morgan fingerprint density at radius 3 is 2.75 bits per heavy atom. The van der Waals surface area contributed by atoms with Crippen molar-refractivity contribution in [2.24, 2.45) is 0 Å². The Labute approximate surface area is 69.5 Å². The number of aromatic amines is 1. The molecule has 0 aromatic carbocycles. The van der Waals surface area contributed by atoms with Gasteiger partial charge in [0, 0.05) is 12.4 Å². The van der Waals surface area contributed by atoms with E-state index in [1.54, 1.807) is 24.7 Å². The number of imidazole rings is 1. The summed E-state index contributed by atoms with van der Waals surface area (Å²) in [6.45, 7) is 0. The summed E-state index contributed by atoms with van der Waals surface area (Å²) in [5.41, 5.74) is 6.94. The first-order valence-electron chi connectivity index (χ1n) is 3.57. The van der Waals surface area contributed by atoms with E-state index >= 15 is 0 Å². The highest BCUT2D eigenvalue weighted by molar-refractivity contribution is 5.51. The summed E-state index contributed by atoms with van der Waals surface area (Å²) in [6.07, 6.45) is 5.05. The largest absolute Gasteiger partial charge is 0.397 e. The zero-order valence-corrected chi connectivity index (χ0v) is 6.36. The lowest BCUT2D eigenvalue weighted by Crippen LogP contribution is -1.88. The van der Waals surface area contributed by atoms with Gasteiger partial charge in [-0.2, -0.15) is 0 Å². The van der Waals surface area contributed by atoms with Crippen molar-refractivity contribution in [3.63, 3.8) is 0 Å². The molecule has 0 aliphatic carbocycles. The van der Waals surface area contributed by atoms with Crippen molar-refractivity contribution in [1.29, 1.82) is 0 Å². The zero-order chi connectivity index (χ0) is 8.39. The predicted molar refractivity (Wildman–Crippen MR) is 46.2 cm³/mol. The molecule has 0 aliphatic heterocycles. The molecular formula is C8H8N4. The standard InChI is InChI=1S/C8H8N4/c9-6-1-2-7(12-5-6)8-10-3-4-11-8/h1-5H,9H2,(H,10,11). The molecule has 4 heteroatoms. The van der Waals surface area contributed by atoms with E-state index in [-0.39, 0.29) is 0 Å². The molecule has 0 radical (unpaired) electrons. The van der Waals surface area contributed by atoms with Gasteiger partial charge in [0.15, 0.2) is 5.82 Å². The molecule has 2 aromatic rings. The number of hydrogen-bond donors (Lipinski definition) is 2. The van der Waals surface area contributed by atoms with Crippen molar-refractivity contribution in [3.05, 3.63) is 30.7 Å². The third-order valence-corrected chi connectivity index (χ3v) is 1.53. The number of aromatic nitrogens is 3. The minimum Gasteiger partial charge on any atom is -0.397 e.